The minimum absolute atomic E-state index is 0.0562. The maximum absolute atomic E-state index is 12.8. The monoisotopic (exact) mass is 326 g/mol. The van der Waals surface area contributed by atoms with Crippen LogP contribution < -0.4 is 0 Å². The van der Waals surface area contributed by atoms with Gasteiger partial charge in [0.2, 0.25) is 0 Å². The Morgan fingerprint density at radius 2 is 2.09 bits per heavy atom. The first-order valence-electron chi connectivity index (χ1n) is 7.81. The fourth-order valence-electron chi connectivity index (χ4n) is 2.85. The van der Waals surface area contributed by atoms with E-state index in [-0.39, 0.29) is 5.91 Å². The number of carbonyl (C=O) groups is 1. The summed E-state index contributed by atoms with van der Waals surface area (Å²) in [4.78, 5) is 19.9. The van der Waals surface area contributed by atoms with Crippen LogP contribution in [0.4, 0.5) is 0 Å². The van der Waals surface area contributed by atoms with Gasteiger partial charge in [0.05, 0.1) is 22.9 Å². The molecule has 6 heteroatoms. The molecule has 1 aliphatic rings. The number of aryl methyl sites for hydroxylation is 1. The fourth-order valence-corrected chi connectivity index (χ4v) is 3.76. The highest BCUT2D eigenvalue weighted by Crippen LogP contribution is 2.27. The lowest BCUT2D eigenvalue weighted by Crippen LogP contribution is -2.48. The van der Waals surface area contributed by atoms with Gasteiger partial charge >= 0.3 is 0 Å². The van der Waals surface area contributed by atoms with Crippen LogP contribution in [0.25, 0.3) is 0 Å². The Hall–Kier alpha value is -0.980. The van der Waals surface area contributed by atoms with Crippen molar-refractivity contribution in [3.05, 3.63) is 15.6 Å². The van der Waals surface area contributed by atoms with Crippen molar-refractivity contribution in [1.29, 1.82) is 0 Å². The molecule has 0 saturated carbocycles. The highest BCUT2D eigenvalue weighted by molar-refractivity contribution is 7.13. The second-order valence-electron chi connectivity index (χ2n) is 6.56. The number of hydrogen-bond acceptors (Lipinski definition) is 5. The Bertz CT molecular complexity index is 519. The summed E-state index contributed by atoms with van der Waals surface area (Å²) < 4.78 is 5.07. The molecule has 22 heavy (non-hydrogen) atoms. The van der Waals surface area contributed by atoms with Crippen LogP contribution in [0.3, 0.4) is 0 Å². The van der Waals surface area contributed by atoms with Crippen LogP contribution in [0.15, 0.2) is 0 Å². The topological polar surface area (TPSA) is 62.7 Å². The minimum Gasteiger partial charge on any atom is -0.387 e. The molecule has 2 rings (SSSR count). The van der Waals surface area contributed by atoms with Crippen molar-refractivity contribution in [2.45, 2.75) is 45.6 Å². The molecule has 1 saturated heterocycles. The van der Waals surface area contributed by atoms with E-state index in [2.05, 4.69) is 18.8 Å². The number of amides is 1. The van der Waals surface area contributed by atoms with Gasteiger partial charge in [-0.25, -0.2) is 4.98 Å². The largest absolute Gasteiger partial charge is 0.387 e. The van der Waals surface area contributed by atoms with Gasteiger partial charge < -0.3 is 14.7 Å². The number of aliphatic hydroxyl groups is 1. The van der Waals surface area contributed by atoms with Gasteiger partial charge in [0, 0.05) is 20.2 Å². The first-order valence-corrected chi connectivity index (χ1v) is 8.63. The fraction of sp³-hybridized carbons (Fsp3) is 0.750. The molecule has 1 aromatic rings. The minimum atomic E-state index is -0.796. The van der Waals surface area contributed by atoms with Crippen LogP contribution >= 0.6 is 11.3 Å². The van der Waals surface area contributed by atoms with Crippen molar-refractivity contribution in [2.75, 3.05) is 26.8 Å². The molecule has 0 bridgehead atoms. The molecular formula is C16H26N2O3S. The quantitative estimate of drug-likeness (QED) is 0.901. The molecule has 1 fully saturated rings. The molecule has 1 amide bonds. The first kappa shape index (κ1) is 17.4. The number of nitrogens with zero attached hydrogens (tertiary/aromatic N) is 2. The van der Waals surface area contributed by atoms with Gasteiger partial charge in [-0.2, -0.15) is 0 Å². The number of piperidine rings is 1. The maximum atomic E-state index is 12.8. The molecule has 0 spiro atoms. The van der Waals surface area contributed by atoms with Crippen LogP contribution in [0.5, 0.6) is 0 Å². The molecule has 0 unspecified atom stereocenters. The molecular weight excluding hydrogens is 300 g/mol. The lowest BCUT2D eigenvalue weighted by Gasteiger charge is -2.37. The van der Waals surface area contributed by atoms with Gasteiger partial charge in [-0.15, -0.1) is 11.3 Å². The summed E-state index contributed by atoms with van der Waals surface area (Å²) in [5.74, 6) is 0.530. The van der Waals surface area contributed by atoms with E-state index in [9.17, 15) is 9.90 Å². The van der Waals surface area contributed by atoms with E-state index < -0.39 is 5.60 Å². The predicted octanol–water partition coefficient (Wildman–Crippen LogP) is 2.26. The SMILES string of the molecule is COCC1(O)CCN(C(=O)c2sc(C)nc2CC(C)C)CC1. The van der Waals surface area contributed by atoms with E-state index in [4.69, 9.17) is 4.74 Å². The third-order valence-electron chi connectivity index (χ3n) is 3.99. The van der Waals surface area contributed by atoms with Gasteiger partial charge in [-0.1, -0.05) is 13.8 Å². The van der Waals surface area contributed by atoms with Crippen molar-refractivity contribution >= 4 is 17.2 Å². The van der Waals surface area contributed by atoms with Crippen molar-refractivity contribution < 1.29 is 14.6 Å². The summed E-state index contributed by atoms with van der Waals surface area (Å²) in [6, 6.07) is 0. The number of likely N-dealkylation sites (tertiary alicyclic amines) is 1. The van der Waals surface area contributed by atoms with Crippen LogP contribution in [0, 0.1) is 12.8 Å². The van der Waals surface area contributed by atoms with Gasteiger partial charge in [0.25, 0.3) is 5.91 Å². The van der Waals surface area contributed by atoms with E-state index in [0.29, 0.717) is 38.5 Å². The van der Waals surface area contributed by atoms with Crippen molar-refractivity contribution in [3.8, 4) is 0 Å². The van der Waals surface area contributed by atoms with Crippen molar-refractivity contribution in [3.63, 3.8) is 0 Å². The Morgan fingerprint density at radius 1 is 1.45 bits per heavy atom. The number of thiazole rings is 1. The molecule has 1 aliphatic heterocycles. The molecule has 124 valence electrons. The Labute approximate surface area is 136 Å². The van der Waals surface area contributed by atoms with Gasteiger partial charge in [0.15, 0.2) is 0 Å². The zero-order chi connectivity index (χ0) is 16.3. The average molecular weight is 326 g/mol. The summed E-state index contributed by atoms with van der Waals surface area (Å²) in [6.45, 7) is 7.67. The molecule has 0 radical (unpaired) electrons. The molecule has 1 aromatic heterocycles. The van der Waals surface area contributed by atoms with Gasteiger partial charge in [-0.3, -0.25) is 4.79 Å². The first-order chi connectivity index (χ1) is 10.3. The average Bonchev–Trinajstić information content (AvgIpc) is 2.79. The standard InChI is InChI=1S/C16H26N2O3S/c1-11(2)9-13-14(22-12(3)17-13)15(19)18-7-5-16(20,6-8-18)10-21-4/h11,20H,5-10H2,1-4H3. The summed E-state index contributed by atoms with van der Waals surface area (Å²) in [5.41, 5.74) is 0.121. The number of methoxy groups -OCH3 is 1. The summed E-state index contributed by atoms with van der Waals surface area (Å²) in [6.07, 6.45) is 1.95. The van der Waals surface area contributed by atoms with Crippen molar-refractivity contribution in [1.82, 2.24) is 9.88 Å². The van der Waals surface area contributed by atoms with Gasteiger partial charge in [-0.05, 0) is 32.1 Å². The maximum Gasteiger partial charge on any atom is 0.265 e. The summed E-state index contributed by atoms with van der Waals surface area (Å²) in [7, 11) is 1.59. The summed E-state index contributed by atoms with van der Waals surface area (Å²) in [5, 5.41) is 11.3. The van der Waals surface area contributed by atoms with Crippen LogP contribution in [0.1, 0.15) is 47.1 Å². The van der Waals surface area contributed by atoms with Crippen LogP contribution in [-0.2, 0) is 11.2 Å². The Balaban J connectivity index is 2.07. The zero-order valence-electron chi connectivity index (χ0n) is 13.9. The molecule has 1 N–H and O–H groups in total. The third-order valence-corrected chi connectivity index (χ3v) is 5.00. The van der Waals surface area contributed by atoms with E-state index >= 15 is 0 Å². The van der Waals surface area contributed by atoms with E-state index in [1.54, 1.807) is 7.11 Å². The second-order valence-corrected chi connectivity index (χ2v) is 7.76. The normalized spacial score (nSPS) is 18.0. The molecule has 2 heterocycles. The summed E-state index contributed by atoms with van der Waals surface area (Å²) >= 11 is 1.48. The number of rotatable bonds is 5. The van der Waals surface area contributed by atoms with Gasteiger partial charge in [0.1, 0.15) is 4.88 Å². The van der Waals surface area contributed by atoms with E-state index in [1.807, 2.05) is 11.8 Å². The Kier molecular flexibility index (Phi) is 5.58. The highest BCUT2D eigenvalue weighted by atomic mass is 32.1. The third kappa shape index (κ3) is 4.06. The molecule has 0 aliphatic carbocycles. The molecule has 0 aromatic carbocycles. The highest BCUT2D eigenvalue weighted by Gasteiger charge is 2.35. The van der Waals surface area contributed by atoms with Crippen LogP contribution in [-0.4, -0.2) is 53.3 Å². The smallest absolute Gasteiger partial charge is 0.265 e. The second kappa shape index (κ2) is 7.06. The lowest BCUT2D eigenvalue weighted by molar-refractivity contribution is -0.0662. The Morgan fingerprint density at radius 3 is 2.64 bits per heavy atom. The van der Waals surface area contributed by atoms with E-state index in [1.165, 1.54) is 11.3 Å². The number of carbonyl (C=O) groups excluding carboxylic acids is 1. The van der Waals surface area contributed by atoms with Crippen LogP contribution in [0.2, 0.25) is 0 Å². The van der Waals surface area contributed by atoms with E-state index in [0.717, 1.165) is 22.0 Å². The molecule has 5 nitrogen and oxygen atoms in total. The number of aromatic nitrogens is 1. The number of hydrogen-bond donors (Lipinski definition) is 1. The zero-order valence-corrected chi connectivity index (χ0v) is 14.7. The molecule has 0 atom stereocenters. The van der Waals surface area contributed by atoms with Crippen molar-refractivity contribution in [2.24, 2.45) is 5.92 Å². The lowest BCUT2D eigenvalue weighted by atomic mass is 9.92. The number of ether oxygens (including phenoxy) is 1. The predicted molar refractivity (Wildman–Crippen MR) is 87.4 cm³/mol.